The predicted octanol–water partition coefficient (Wildman–Crippen LogP) is 1.15. The Morgan fingerprint density at radius 3 is 2.94 bits per heavy atom. The van der Waals surface area contributed by atoms with Gasteiger partial charge in [-0.3, -0.25) is 9.47 Å². The first-order valence-electron chi connectivity index (χ1n) is 6.36. The van der Waals surface area contributed by atoms with Crippen LogP contribution in [0.5, 0.6) is 0 Å². The second-order valence-corrected chi connectivity index (χ2v) is 5.41. The van der Waals surface area contributed by atoms with Crippen LogP contribution in [0, 0.1) is 4.77 Å². The molecule has 17 heavy (non-hydrogen) atoms. The number of H-pyrrole nitrogens is 1. The summed E-state index contributed by atoms with van der Waals surface area (Å²) in [5, 5.41) is 7.20. The van der Waals surface area contributed by atoms with Gasteiger partial charge in [-0.2, -0.15) is 0 Å². The smallest absolute Gasteiger partial charge is 0.225 e. The first-order chi connectivity index (χ1) is 8.25. The van der Waals surface area contributed by atoms with Crippen LogP contribution in [0.3, 0.4) is 0 Å². The van der Waals surface area contributed by atoms with Gasteiger partial charge in [0.05, 0.1) is 0 Å². The number of rotatable bonds is 1. The maximum absolute atomic E-state index is 5.17. The van der Waals surface area contributed by atoms with Crippen LogP contribution < -0.4 is 4.90 Å². The highest BCUT2D eigenvalue weighted by Gasteiger charge is 2.30. The lowest BCUT2D eigenvalue weighted by Crippen LogP contribution is -2.55. The normalized spacial score (nSPS) is 25.9. The van der Waals surface area contributed by atoms with Gasteiger partial charge in [0.1, 0.15) is 0 Å². The fourth-order valence-electron chi connectivity index (χ4n) is 2.96. The molecule has 5 nitrogen and oxygen atoms in total. The zero-order chi connectivity index (χ0) is 11.8. The maximum atomic E-state index is 5.17. The molecule has 0 saturated carbocycles. The summed E-state index contributed by atoms with van der Waals surface area (Å²) in [5.41, 5.74) is 0. The molecule has 0 aromatic carbocycles. The minimum atomic E-state index is 0.700. The molecule has 2 saturated heterocycles. The highest BCUT2D eigenvalue weighted by Crippen LogP contribution is 2.23. The van der Waals surface area contributed by atoms with E-state index in [1.54, 1.807) is 0 Å². The van der Waals surface area contributed by atoms with Crippen molar-refractivity contribution < 1.29 is 0 Å². The number of piperazine rings is 1. The van der Waals surface area contributed by atoms with Crippen molar-refractivity contribution in [1.82, 2.24) is 19.7 Å². The highest BCUT2D eigenvalue weighted by atomic mass is 32.1. The third-order valence-corrected chi connectivity index (χ3v) is 4.34. The quantitative estimate of drug-likeness (QED) is 0.762. The average Bonchev–Trinajstić information content (AvgIpc) is 2.70. The van der Waals surface area contributed by atoms with Gasteiger partial charge in [-0.05, 0) is 31.6 Å². The number of anilines is 1. The van der Waals surface area contributed by atoms with Gasteiger partial charge >= 0.3 is 0 Å². The molecular formula is C11H19N5S. The third kappa shape index (κ3) is 1.99. The Bertz CT molecular complexity index is 451. The minimum absolute atomic E-state index is 0.700. The number of aromatic nitrogens is 3. The Morgan fingerprint density at radius 1 is 1.29 bits per heavy atom. The minimum Gasteiger partial charge on any atom is -0.338 e. The lowest BCUT2D eigenvalue weighted by molar-refractivity contribution is 0.132. The van der Waals surface area contributed by atoms with Crippen LogP contribution in [-0.4, -0.2) is 51.9 Å². The summed E-state index contributed by atoms with van der Waals surface area (Å²) in [7, 11) is 1.98. The van der Waals surface area contributed by atoms with Gasteiger partial charge in [-0.15, -0.1) is 5.10 Å². The molecule has 3 rings (SSSR count). The fourth-order valence-corrected chi connectivity index (χ4v) is 3.09. The van der Waals surface area contributed by atoms with E-state index in [9.17, 15) is 0 Å². The van der Waals surface area contributed by atoms with Crippen LogP contribution in [-0.2, 0) is 7.05 Å². The van der Waals surface area contributed by atoms with Crippen LogP contribution in [0.1, 0.15) is 19.3 Å². The topological polar surface area (TPSA) is 40.1 Å². The molecule has 6 heteroatoms. The van der Waals surface area contributed by atoms with E-state index in [1.807, 2.05) is 11.6 Å². The number of nitrogens with one attached hydrogen (secondary N) is 1. The van der Waals surface area contributed by atoms with Crippen molar-refractivity contribution >= 4 is 18.2 Å². The van der Waals surface area contributed by atoms with E-state index in [0.717, 1.165) is 25.6 Å². The van der Waals surface area contributed by atoms with Crippen molar-refractivity contribution in [1.29, 1.82) is 0 Å². The van der Waals surface area contributed by atoms with E-state index in [-0.39, 0.29) is 0 Å². The molecule has 3 heterocycles. The molecule has 1 aromatic rings. The number of nitrogens with zero attached hydrogens (tertiary/aromatic N) is 4. The van der Waals surface area contributed by atoms with Crippen LogP contribution >= 0.6 is 12.2 Å². The van der Waals surface area contributed by atoms with Gasteiger partial charge in [0.15, 0.2) is 4.77 Å². The SMILES string of the molecule is Cn1c(N2CCN3CCCCC3C2)n[nH]c1=S. The standard InChI is InChI=1S/C11H19N5S/c1-14-10(12-13-11(14)17)16-7-6-15-5-3-2-4-9(15)8-16/h9H,2-8H2,1H3,(H,13,17). The molecule has 0 bridgehead atoms. The first-order valence-corrected chi connectivity index (χ1v) is 6.77. The molecule has 2 aliphatic rings. The summed E-state index contributed by atoms with van der Waals surface area (Å²) in [6, 6.07) is 0.711. The zero-order valence-electron chi connectivity index (χ0n) is 10.2. The summed E-state index contributed by atoms with van der Waals surface area (Å²) in [6.07, 6.45) is 4.06. The predicted molar refractivity (Wildman–Crippen MR) is 69.8 cm³/mol. The second kappa shape index (κ2) is 4.42. The molecule has 94 valence electrons. The van der Waals surface area contributed by atoms with Crippen LogP contribution in [0.25, 0.3) is 0 Å². The van der Waals surface area contributed by atoms with Crippen molar-refractivity contribution in [3.05, 3.63) is 4.77 Å². The van der Waals surface area contributed by atoms with Crippen LogP contribution in [0.2, 0.25) is 0 Å². The summed E-state index contributed by atoms with van der Waals surface area (Å²) in [6.45, 7) is 4.58. The highest BCUT2D eigenvalue weighted by molar-refractivity contribution is 7.71. The summed E-state index contributed by atoms with van der Waals surface area (Å²) >= 11 is 5.17. The number of hydrogen-bond donors (Lipinski definition) is 1. The lowest BCUT2D eigenvalue weighted by atomic mass is 10.00. The molecule has 0 radical (unpaired) electrons. The Morgan fingerprint density at radius 2 is 2.18 bits per heavy atom. The van der Waals surface area contributed by atoms with Crippen molar-refractivity contribution in [2.45, 2.75) is 25.3 Å². The molecule has 1 aromatic heterocycles. The largest absolute Gasteiger partial charge is 0.338 e. The Labute approximate surface area is 106 Å². The zero-order valence-corrected chi connectivity index (χ0v) is 11.0. The second-order valence-electron chi connectivity index (χ2n) is 5.02. The van der Waals surface area contributed by atoms with E-state index in [0.29, 0.717) is 10.8 Å². The van der Waals surface area contributed by atoms with Gasteiger partial charge in [-0.1, -0.05) is 6.42 Å². The molecular weight excluding hydrogens is 234 g/mol. The Hall–Kier alpha value is -0.880. The molecule has 1 atom stereocenters. The van der Waals surface area contributed by atoms with E-state index in [4.69, 9.17) is 12.2 Å². The molecule has 1 unspecified atom stereocenters. The number of aromatic amines is 1. The number of hydrogen-bond acceptors (Lipinski definition) is 4. The number of piperidine rings is 1. The van der Waals surface area contributed by atoms with Crippen molar-refractivity contribution in [3.8, 4) is 0 Å². The van der Waals surface area contributed by atoms with Crippen molar-refractivity contribution in [3.63, 3.8) is 0 Å². The molecule has 1 N–H and O–H groups in total. The summed E-state index contributed by atoms with van der Waals surface area (Å²) in [4.78, 5) is 4.99. The Balaban J connectivity index is 1.78. The molecule has 0 amide bonds. The van der Waals surface area contributed by atoms with Crippen LogP contribution in [0.15, 0.2) is 0 Å². The van der Waals surface area contributed by atoms with Gasteiger partial charge < -0.3 is 4.90 Å². The lowest BCUT2D eigenvalue weighted by Gasteiger charge is -2.44. The average molecular weight is 253 g/mol. The van der Waals surface area contributed by atoms with Gasteiger partial charge in [0, 0.05) is 32.7 Å². The molecule has 2 fully saturated rings. The molecule has 0 aliphatic carbocycles. The molecule has 2 aliphatic heterocycles. The van der Waals surface area contributed by atoms with E-state index < -0.39 is 0 Å². The van der Waals surface area contributed by atoms with Crippen molar-refractivity contribution in [2.75, 3.05) is 31.1 Å². The Kier molecular flexibility index (Phi) is 2.92. The van der Waals surface area contributed by atoms with E-state index in [2.05, 4.69) is 20.0 Å². The van der Waals surface area contributed by atoms with Crippen molar-refractivity contribution in [2.24, 2.45) is 7.05 Å². The molecule has 0 spiro atoms. The third-order valence-electron chi connectivity index (χ3n) is 3.98. The van der Waals surface area contributed by atoms with Gasteiger partial charge in [0.2, 0.25) is 5.95 Å². The van der Waals surface area contributed by atoms with Crippen LogP contribution in [0.4, 0.5) is 5.95 Å². The summed E-state index contributed by atoms with van der Waals surface area (Å²) < 4.78 is 2.67. The summed E-state index contributed by atoms with van der Waals surface area (Å²) in [5.74, 6) is 0.986. The van der Waals surface area contributed by atoms with E-state index in [1.165, 1.54) is 25.8 Å². The van der Waals surface area contributed by atoms with Gasteiger partial charge in [-0.25, -0.2) is 5.10 Å². The fraction of sp³-hybridized carbons (Fsp3) is 0.818. The maximum Gasteiger partial charge on any atom is 0.225 e. The monoisotopic (exact) mass is 253 g/mol. The van der Waals surface area contributed by atoms with Gasteiger partial charge in [0.25, 0.3) is 0 Å². The first kappa shape index (κ1) is 11.2. The van der Waals surface area contributed by atoms with E-state index >= 15 is 0 Å². The number of fused-ring (bicyclic) bond motifs is 1.